The van der Waals surface area contributed by atoms with Gasteiger partial charge in [0.05, 0.1) is 6.61 Å². The van der Waals surface area contributed by atoms with Crippen LogP contribution in [0.1, 0.15) is 42.1 Å². The van der Waals surface area contributed by atoms with Gasteiger partial charge in [0.2, 0.25) is 11.8 Å². The van der Waals surface area contributed by atoms with Crippen LogP contribution in [0.4, 0.5) is 0 Å². The number of hydrogen-bond donors (Lipinski definition) is 2. The lowest BCUT2D eigenvalue weighted by Gasteiger charge is -2.35. The van der Waals surface area contributed by atoms with Gasteiger partial charge >= 0.3 is 0 Å². The van der Waals surface area contributed by atoms with E-state index < -0.39 is 6.04 Å². The molecule has 7 nitrogen and oxygen atoms in total. The average Bonchev–Trinajstić information content (AvgIpc) is 2.71. The van der Waals surface area contributed by atoms with Crippen LogP contribution >= 0.6 is 0 Å². The average molecular weight is 389 g/mol. The summed E-state index contributed by atoms with van der Waals surface area (Å²) in [5, 5.41) is 5.77. The lowest BCUT2D eigenvalue weighted by atomic mass is 9.88. The summed E-state index contributed by atoms with van der Waals surface area (Å²) in [6, 6.07) is 6.68. The van der Waals surface area contributed by atoms with Gasteiger partial charge in [0, 0.05) is 38.7 Å². The van der Waals surface area contributed by atoms with Crippen molar-refractivity contribution in [2.75, 3.05) is 33.4 Å². The van der Waals surface area contributed by atoms with Crippen LogP contribution in [0.3, 0.4) is 0 Å². The van der Waals surface area contributed by atoms with Crippen LogP contribution in [0.2, 0.25) is 0 Å². The second kappa shape index (κ2) is 10.8. The van der Waals surface area contributed by atoms with Crippen LogP contribution < -0.4 is 10.6 Å². The van der Waals surface area contributed by atoms with Gasteiger partial charge in [0.1, 0.15) is 6.04 Å². The number of carbonyl (C=O) groups excluding carboxylic acids is 3. The zero-order chi connectivity index (χ0) is 20.5. The fraction of sp³-hybridized carbons (Fsp3) is 0.571. The van der Waals surface area contributed by atoms with Crippen molar-refractivity contribution in [2.24, 2.45) is 5.92 Å². The van der Waals surface area contributed by atoms with Crippen LogP contribution in [0.25, 0.3) is 0 Å². The third-order valence-electron chi connectivity index (χ3n) is 5.23. The third kappa shape index (κ3) is 5.79. The predicted molar refractivity (Wildman–Crippen MR) is 107 cm³/mol. The smallest absolute Gasteiger partial charge is 0.252 e. The molecule has 1 aliphatic rings. The minimum Gasteiger partial charge on any atom is -0.383 e. The molecule has 1 atom stereocenters. The normalized spacial score (nSPS) is 15.8. The van der Waals surface area contributed by atoms with Gasteiger partial charge < -0.3 is 20.3 Å². The summed E-state index contributed by atoms with van der Waals surface area (Å²) in [5.41, 5.74) is 1.43. The highest BCUT2D eigenvalue weighted by atomic mass is 16.5. The monoisotopic (exact) mass is 389 g/mol. The molecule has 1 fully saturated rings. The Kier molecular flexibility index (Phi) is 8.44. The molecule has 1 aromatic rings. The maximum absolute atomic E-state index is 12.8. The fourth-order valence-corrected chi connectivity index (χ4v) is 3.54. The van der Waals surface area contributed by atoms with Crippen LogP contribution in [0.5, 0.6) is 0 Å². The maximum atomic E-state index is 12.8. The molecule has 1 unspecified atom stereocenters. The maximum Gasteiger partial charge on any atom is 0.252 e. The Bertz CT molecular complexity index is 684. The molecule has 1 aromatic carbocycles. The number of ether oxygens (including phenoxy) is 1. The molecule has 1 saturated heterocycles. The number of hydrogen-bond acceptors (Lipinski definition) is 4. The van der Waals surface area contributed by atoms with E-state index >= 15 is 0 Å². The van der Waals surface area contributed by atoms with Gasteiger partial charge in [-0.05, 0) is 37.3 Å². The quantitative estimate of drug-likeness (QED) is 0.660. The van der Waals surface area contributed by atoms with Gasteiger partial charge in [-0.1, -0.05) is 25.1 Å². The number of rotatable bonds is 8. The van der Waals surface area contributed by atoms with Crippen molar-refractivity contribution < 1.29 is 19.1 Å². The Balaban J connectivity index is 2.09. The Morgan fingerprint density at radius 3 is 2.50 bits per heavy atom. The molecule has 0 aromatic heterocycles. The number of amides is 3. The molecule has 2 rings (SSSR count). The molecule has 0 radical (unpaired) electrons. The Labute approximate surface area is 166 Å². The Morgan fingerprint density at radius 2 is 1.89 bits per heavy atom. The van der Waals surface area contributed by atoms with E-state index in [4.69, 9.17) is 4.74 Å². The molecule has 2 N–H and O–H groups in total. The summed E-state index contributed by atoms with van der Waals surface area (Å²) in [5.74, 6) is -0.351. The van der Waals surface area contributed by atoms with E-state index in [9.17, 15) is 14.4 Å². The predicted octanol–water partition coefficient (Wildman–Crippen LogP) is 1.50. The SMILES string of the molecule is CCC(=O)N1CCC(C(NC(=O)c2ccccc2C)C(=O)NCCOC)CC1. The zero-order valence-corrected chi connectivity index (χ0v) is 17.0. The van der Waals surface area contributed by atoms with Crippen LogP contribution in [-0.2, 0) is 14.3 Å². The molecule has 3 amide bonds. The van der Waals surface area contributed by atoms with Crippen LogP contribution in [0.15, 0.2) is 24.3 Å². The summed E-state index contributed by atoms with van der Waals surface area (Å²) < 4.78 is 4.99. The lowest BCUT2D eigenvalue weighted by Crippen LogP contribution is -2.54. The minimum absolute atomic E-state index is 0.0172. The molecule has 0 spiro atoms. The fourth-order valence-electron chi connectivity index (χ4n) is 3.54. The van der Waals surface area contributed by atoms with E-state index in [1.54, 1.807) is 13.2 Å². The van der Waals surface area contributed by atoms with Crippen molar-refractivity contribution in [3.05, 3.63) is 35.4 Å². The third-order valence-corrected chi connectivity index (χ3v) is 5.23. The first-order valence-electron chi connectivity index (χ1n) is 9.88. The molecular formula is C21H31N3O4. The standard InChI is InChI=1S/C21H31N3O4/c1-4-18(25)24-12-9-16(10-13-24)19(21(27)22-11-14-28-3)23-20(26)17-8-6-5-7-15(17)2/h5-8,16,19H,4,9-14H2,1-3H3,(H,22,27)(H,23,26). The number of aryl methyl sites for hydroxylation is 1. The highest BCUT2D eigenvalue weighted by Gasteiger charge is 2.33. The van der Waals surface area contributed by atoms with Gasteiger partial charge in [-0.2, -0.15) is 0 Å². The summed E-state index contributed by atoms with van der Waals surface area (Å²) >= 11 is 0. The Morgan fingerprint density at radius 1 is 1.21 bits per heavy atom. The molecule has 0 saturated carbocycles. The molecule has 0 bridgehead atoms. The van der Waals surface area contributed by atoms with E-state index in [2.05, 4.69) is 10.6 Å². The minimum atomic E-state index is -0.636. The number of methoxy groups -OCH3 is 1. The first kappa shape index (κ1) is 21.9. The van der Waals surface area contributed by atoms with Gasteiger partial charge in [0.25, 0.3) is 5.91 Å². The lowest BCUT2D eigenvalue weighted by molar-refractivity contribution is -0.132. The van der Waals surface area contributed by atoms with Crippen molar-refractivity contribution in [3.63, 3.8) is 0 Å². The molecule has 0 aliphatic carbocycles. The van der Waals surface area contributed by atoms with Gasteiger partial charge in [0.15, 0.2) is 0 Å². The van der Waals surface area contributed by atoms with E-state index in [1.807, 2.05) is 36.9 Å². The van der Waals surface area contributed by atoms with Crippen molar-refractivity contribution in [1.82, 2.24) is 15.5 Å². The number of benzene rings is 1. The molecular weight excluding hydrogens is 358 g/mol. The first-order chi connectivity index (χ1) is 13.5. The number of carbonyl (C=O) groups is 3. The number of nitrogens with zero attached hydrogens (tertiary/aromatic N) is 1. The largest absolute Gasteiger partial charge is 0.383 e. The summed E-state index contributed by atoms with van der Waals surface area (Å²) in [6.07, 6.45) is 1.85. The molecule has 1 aliphatic heterocycles. The van der Waals surface area contributed by atoms with E-state index in [0.717, 1.165) is 5.56 Å². The summed E-state index contributed by atoms with van der Waals surface area (Å²) in [6.45, 7) is 5.74. The topological polar surface area (TPSA) is 87.7 Å². The van der Waals surface area contributed by atoms with Crippen molar-refractivity contribution in [3.8, 4) is 0 Å². The van der Waals surface area contributed by atoms with Crippen molar-refractivity contribution in [2.45, 2.75) is 39.2 Å². The van der Waals surface area contributed by atoms with Gasteiger partial charge in [-0.3, -0.25) is 14.4 Å². The van der Waals surface area contributed by atoms with E-state index in [1.165, 1.54) is 0 Å². The van der Waals surface area contributed by atoms with Crippen molar-refractivity contribution in [1.29, 1.82) is 0 Å². The molecule has 28 heavy (non-hydrogen) atoms. The zero-order valence-electron chi connectivity index (χ0n) is 17.0. The highest BCUT2D eigenvalue weighted by Crippen LogP contribution is 2.22. The number of piperidine rings is 1. The number of likely N-dealkylation sites (tertiary alicyclic amines) is 1. The van der Waals surface area contributed by atoms with Gasteiger partial charge in [-0.25, -0.2) is 0 Å². The second-order valence-electron chi connectivity index (χ2n) is 7.12. The Hall–Kier alpha value is -2.41. The van der Waals surface area contributed by atoms with Gasteiger partial charge in [-0.15, -0.1) is 0 Å². The summed E-state index contributed by atoms with van der Waals surface area (Å²) in [4.78, 5) is 39.3. The molecule has 7 heteroatoms. The second-order valence-corrected chi connectivity index (χ2v) is 7.12. The molecule has 1 heterocycles. The summed E-state index contributed by atoms with van der Waals surface area (Å²) in [7, 11) is 1.57. The number of nitrogens with one attached hydrogen (secondary N) is 2. The van der Waals surface area contributed by atoms with Crippen LogP contribution in [-0.4, -0.2) is 62.0 Å². The molecule has 154 valence electrons. The van der Waals surface area contributed by atoms with Crippen LogP contribution in [0, 0.1) is 12.8 Å². The van der Waals surface area contributed by atoms with E-state index in [0.29, 0.717) is 51.1 Å². The first-order valence-corrected chi connectivity index (χ1v) is 9.88. The highest BCUT2D eigenvalue weighted by molar-refractivity contribution is 5.98. The van der Waals surface area contributed by atoms with Crippen molar-refractivity contribution >= 4 is 17.7 Å². The van der Waals surface area contributed by atoms with E-state index in [-0.39, 0.29) is 23.6 Å².